The Morgan fingerprint density at radius 3 is 2.62 bits per heavy atom. The molecule has 4 nitrogen and oxygen atoms in total. The lowest BCUT2D eigenvalue weighted by molar-refractivity contribution is -0.145. The minimum atomic E-state index is -4.52. The predicted molar refractivity (Wildman–Crippen MR) is 53.6 cm³/mol. The maximum Gasteiger partial charge on any atom is 0.452 e. The average molecular weight is 295 g/mol. The summed E-state index contributed by atoms with van der Waals surface area (Å²) in [4.78, 5) is 0. The first kappa shape index (κ1) is 11.3. The van der Waals surface area contributed by atoms with Gasteiger partial charge >= 0.3 is 6.18 Å². The molecule has 0 amide bonds. The molecule has 2 rings (SSSR count). The molecular weight excluding hydrogens is 289 g/mol. The highest BCUT2D eigenvalue weighted by Gasteiger charge is 2.36. The van der Waals surface area contributed by atoms with Crippen LogP contribution in [0.4, 0.5) is 13.2 Å². The summed E-state index contributed by atoms with van der Waals surface area (Å²) < 4.78 is 38.9. The first-order valence-corrected chi connectivity index (χ1v) is 5.03. The van der Waals surface area contributed by atoms with Gasteiger partial charge in [-0.2, -0.15) is 13.2 Å². The molecule has 0 atom stereocenters. The number of fused-ring (bicyclic) bond motifs is 1. The summed E-state index contributed by atoms with van der Waals surface area (Å²) in [5, 5.41) is 6.56. The Morgan fingerprint density at radius 1 is 1.38 bits per heavy atom. The largest absolute Gasteiger partial charge is 0.452 e. The highest BCUT2D eigenvalue weighted by atomic mass is 79.9. The van der Waals surface area contributed by atoms with Crippen molar-refractivity contribution >= 4 is 21.6 Å². The molecule has 0 unspecified atom stereocenters. The number of nitrogens with two attached hydrogens (primary N) is 1. The minimum Gasteiger partial charge on any atom is -0.326 e. The maximum absolute atomic E-state index is 12.5. The van der Waals surface area contributed by atoms with Crippen molar-refractivity contribution in [2.24, 2.45) is 5.73 Å². The summed E-state index contributed by atoms with van der Waals surface area (Å²) in [5.74, 6) is -1.05. The van der Waals surface area contributed by atoms with Gasteiger partial charge in [-0.25, -0.2) is 0 Å². The van der Waals surface area contributed by atoms with Crippen LogP contribution < -0.4 is 5.73 Å². The fourth-order valence-electron chi connectivity index (χ4n) is 1.30. The molecule has 0 saturated carbocycles. The van der Waals surface area contributed by atoms with Crippen LogP contribution in [0.1, 0.15) is 11.4 Å². The zero-order chi connectivity index (χ0) is 11.9. The van der Waals surface area contributed by atoms with Gasteiger partial charge in [0.05, 0.1) is 0 Å². The predicted octanol–water partition coefficient (Wildman–Crippen LogP) is 1.97. The van der Waals surface area contributed by atoms with Crippen LogP contribution in [-0.4, -0.2) is 14.6 Å². The van der Waals surface area contributed by atoms with Crippen LogP contribution in [0.2, 0.25) is 0 Å². The van der Waals surface area contributed by atoms with Crippen LogP contribution in [0, 0.1) is 0 Å². The Morgan fingerprint density at radius 2 is 2.06 bits per heavy atom. The second-order valence-electron chi connectivity index (χ2n) is 3.10. The minimum absolute atomic E-state index is 0.121. The molecule has 0 radical (unpaired) electrons. The fourth-order valence-corrected chi connectivity index (χ4v) is 1.78. The Labute approximate surface area is 96.4 Å². The van der Waals surface area contributed by atoms with Crippen LogP contribution in [0.25, 0.3) is 5.65 Å². The number of aromatic nitrogens is 3. The van der Waals surface area contributed by atoms with Gasteiger partial charge in [0.2, 0.25) is 5.82 Å². The second-order valence-corrected chi connectivity index (χ2v) is 3.95. The van der Waals surface area contributed by atoms with Gasteiger partial charge in [0.1, 0.15) is 0 Å². The van der Waals surface area contributed by atoms with Crippen LogP contribution >= 0.6 is 15.9 Å². The molecule has 0 bridgehead atoms. The fraction of sp³-hybridized carbons (Fsp3) is 0.250. The van der Waals surface area contributed by atoms with E-state index in [1.165, 1.54) is 12.3 Å². The van der Waals surface area contributed by atoms with Crippen molar-refractivity contribution in [3.63, 3.8) is 0 Å². The summed E-state index contributed by atoms with van der Waals surface area (Å²) in [6.07, 6.45) is -3.26. The van der Waals surface area contributed by atoms with E-state index < -0.39 is 12.0 Å². The van der Waals surface area contributed by atoms with Crippen molar-refractivity contribution in [2.45, 2.75) is 12.7 Å². The zero-order valence-corrected chi connectivity index (χ0v) is 9.38. The molecule has 0 fully saturated rings. The number of pyridine rings is 1. The lowest BCUT2D eigenvalue weighted by Gasteiger charge is -2.06. The Kier molecular flexibility index (Phi) is 2.62. The molecule has 2 aromatic heterocycles. The lowest BCUT2D eigenvalue weighted by Crippen LogP contribution is -2.11. The van der Waals surface area contributed by atoms with Gasteiger partial charge in [-0.05, 0) is 27.6 Å². The Hall–Kier alpha value is -1.15. The monoisotopic (exact) mass is 294 g/mol. The molecule has 2 heterocycles. The van der Waals surface area contributed by atoms with E-state index in [2.05, 4.69) is 26.1 Å². The Balaban J connectivity index is 2.70. The van der Waals surface area contributed by atoms with Gasteiger partial charge in [-0.15, -0.1) is 10.2 Å². The highest BCUT2D eigenvalue weighted by Crippen LogP contribution is 2.29. The van der Waals surface area contributed by atoms with E-state index in [0.717, 1.165) is 4.40 Å². The zero-order valence-electron chi connectivity index (χ0n) is 7.79. The molecular formula is C8H6BrF3N4. The molecule has 16 heavy (non-hydrogen) atoms. The highest BCUT2D eigenvalue weighted by molar-refractivity contribution is 9.10. The SMILES string of the molecule is NCc1cc2nnc(C(F)(F)F)n2cc1Br. The summed E-state index contributed by atoms with van der Waals surface area (Å²) >= 11 is 3.14. The first-order chi connectivity index (χ1) is 7.43. The van der Waals surface area contributed by atoms with Crippen LogP contribution in [0.3, 0.4) is 0 Å². The van der Waals surface area contributed by atoms with Crippen molar-refractivity contribution in [2.75, 3.05) is 0 Å². The van der Waals surface area contributed by atoms with E-state index in [9.17, 15) is 13.2 Å². The van der Waals surface area contributed by atoms with E-state index in [0.29, 0.717) is 10.0 Å². The topological polar surface area (TPSA) is 56.2 Å². The third kappa shape index (κ3) is 1.78. The molecule has 0 spiro atoms. The molecule has 0 aliphatic heterocycles. The third-order valence-corrected chi connectivity index (χ3v) is 2.76. The smallest absolute Gasteiger partial charge is 0.326 e. The van der Waals surface area contributed by atoms with E-state index in [-0.39, 0.29) is 12.2 Å². The summed E-state index contributed by atoms with van der Waals surface area (Å²) in [6.45, 7) is 0.214. The van der Waals surface area contributed by atoms with Gasteiger partial charge in [0.15, 0.2) is 5.65 Å². The number of rotatable bonds is 1. The summed E-state index contributed by atoms with van der Waals surface area (Å²) in [6, 6.07) is 1.46. The maximum atomic E-state index is 12.5. The van der Waals surface area contributed by atoms with Crippen LogP contribution in [0.15, 0.2) is 16.7 Å². The number of hydrogen-bond acceptors (Lipinski definition) is 3. The standard InChI is InChI=1S/C8H6BrF3N4/c9-5-3-16-6(1-4(5)2-13)14-15-7(16)8(10,11)12/h1,3H,2,13H2. The number of hydrogen-bond donors (Lipinski definition) is 1. The normalized spacial score (nSPS) is 12.3. The molecule has 0 saturated heterocycles. The summed E-state index contributed by atoms with van der Waals surface area (Å²) in [7, 11) is 0. The number of alkyl halides is 3. The summed E-state index contributed by atoms with van der Waals surface area (Å²) in [5.41, 5.74) is 6.22. The molecule has 8 heteroatoms. The van der Waals surface area contributed by atoms with E-state index in [1.54, 1.807) is 0 Å². The first-order valence-electron chi connectivity index (χ1n) is 4.24. The lowest BCUT2D eigenvalue weighted by atomic mass is 10.2. The van der Waals surface area contributed by atoms with Crippen molar-refractivity contribution in [3.05, 3.63) is 28.1 Å². The molecule has 0 aliphatic carbocycles. The van der Waals surface area contributed by atoms with Crippen LogP contribution in [-0.2, 0) is 12.7 Å². The molecule has 86 valence electrons. The second kappa shape index (κ2) is 3.70. The van der Waals surface area contributed by atoms with Gasteiger partial charge in [0.25, 0.3) is 0 Å². The van der Waals surface area contributed by atoms with Crippen molar-refractivity contribution < 1.29 is 13.2 Å². The van der Waals surface area contributed by atoms with Gasteiger partial charge in [-0.1, -0.05) is 0 Å². The van der Waals surface area contributed by atoms with Gasteiger partial charge in [0, 0.05) is 17.2 Å². The average Bonchev–Trinajstić information content (AvgIpc) is 2.58. The van der Waals surface area contributed by atoms with Gasteiger partial charge in [-0.3, -0.25) is 4.40 Å². The van der Waals surface area contributed by atoms with Crippen molar-refractivity contribution in [1.29, 1.82) is 0 Å². The Bertz CT molecular complexity index is 534. The molecule has 0 aromatic carbocycles. The van der Waals surface area contributed by atoms with Gasteiger partial charge < -0.3 is 5.73 Å². The number of halogens is 4. The number of nitrogens with zero attached hydrogens (tertiary/aromatic N) is 3. The van der Waals surface area contributed by atoms with E-state index >= 15 is 0 Å². The van der Waals surface area contributed by atoms with Crippen molar-refractivity contribution in [1.82, 2.24) is 14.6 Å². The molecule has 0 aliphatic rings. The third-order valence-electron chi connectivity index (χ3n) is 2.05. The van der Waals surface area contributed by atoms with Crippen LogP contribution in [0.5, 0.6) is 0 Å². The van der Waals surface area contributed by atoms with E-state index in [4.69, 9.17) is 5.73 Å². The molecule has 2 N–H and O–H groups in total. The van der Waals surface area contributed by atoms with E-state index in [1.807, 2.05) is 0 Å². The quantitative estimate of drug-likeness (QED) is 0.875. The molecule has 2 aromatic rings. The van der Waals surface area contributed by atoms with Crippen molar-refractivity contribution in [3.8, 4) is 0 Å².